The molecular weight excluding hydrogens is 200 g/mol. The Labute approximate surface area is 97.4 Å². The van der Waals surface area contributed by atoms with Gasteiger partial charge >= 0.3 is 0 Å². The van der Waals surface area contributed by atoms with Gasteiger partial charge in [-0.25, -0.2) is 0 Å². The highest BCUT2D eigenvalue weighted by atomic mass is 16.5. The number of fused-ring (bicyclic) bond motifs is 1. The fraction of sp³-hybridized carbons (Fsp3) is 0.643. The Bertz CT molecular complexity index is 410. The smallest absolute Gasteiger partial charge is 0.184 e. The summed E-state index contributed by atoms with van der Waals surface area (Å²) in [5.41, 5.74) is 3.99. The molecule has 1 atom stereocenters. The molecule has 1 heterocycles. The molecule has 0 radical (unpaired) electrons. The average molecular weight is 220 g/mol. The number of hydrogen-bond donors (Lipinski definition) is 0. The summed E-state index contributed by atoms with van der Waals surface area (Å²) >= 11 is 0. The second-order valence-electron chi connectivity index (χ2n) is 5.54. The highest BCUT2D eigenvalue weighted by Crippen LogP contribution is 2.40. The summed E-state index contributed by atoms with van der Waals surface area (Å²) in [6.07, 6.45) is 2.02. The van der Waals surface area contributed by atoms with E-state index in [9.17, 15) is 4.79 Å². The van der Waals surface area contributed by atoms with Crippen molar-refractivity contribution in [2.75, 3.05) is 0 Å². The second-order valence-corrected chi connectivity index (χ2v) is 5.54. The number of ketones is 1. The number of allylic oxidation sites excluding steroid dienone is 2. The maximum absolute atomic E-state index is 12.0. The molecule has 1 aliphatic carbocycles. The molecule has 16 heavy (non-hydrogen) atoms. The molecule has 2 aliphatic rings. The Kier molecular flexibility index (Phi) is 2.58. The molecule has 0 amide bonds. The van der Waals surface area contributed by atoms with E-state index in [1.54, 1.807) is 0 Å². The fourth-order valence-electron chi connectivity index (χ4n) is 2.55. The molecule has 1 aliphatic heterocycles. The number of ether oxygens (including phenoxy) is 1. The topological polar surface area (TPSA) is 26.3 Å². The zero-order chi connectivity index (χ0) is 12.1. The second kappa shape index (κ2) is 3.56. The third-order valence-electron chi connectivity index (χ3n) is 3.90. The summed E-state index contributed by atoms with van der Waals surface area (Å²) in [7, 11) is 0. The SMILES string of the molecule is CC1=C(C)C2OC(C)(C)CCC2=C(C)C1=O. The van der Waals surface area contributed by atoms with Crippen LogP contribution in [-0.2, 0) is 9.53 Å². The summed E-state index contributed by atoms with van der Waals surface area (Å²) in [5, 5.41) is 0. The third-order valence-corrected chi connectivity index (χ3v) is 3.90. The first-order chi connectivity index (χ1) is 7.33. The normalized spacial score (nSPS) is 29.6. The van der Waals surface area contributed by atoms with E-state index in [-0.39, 0.29) is 17.5 Å². The van der Waals surface area contributed by atoms with Gasteiger partial charge in [-0.05, 0) is 69.8 Å². The zero-order valence-corrected chi connectivity index (χ0v) is 10.8. The minimum Gasteiger partial charge on any atom is -0.364 e. The van der Waals surface area contributed by atoms with Gasteiger partial charge in [0.05, 0.1) is 5.60 Å². The first kappa shape index (κ1) is 11.6. The van der Waals surface area contributed by atoms with Gasteiger partial charge in [0.15, 0.2) is 5.78 Å². The summed E-state index contributed by atoms with van der Waals surface area (Å²) < 4.78 is 6.11. The molecule has 0 aromatic heterocycles. The lowest BCUT2D eigenvalue weighted by molar-refractivity contribution is -0.114. The number of carbonyl (C=O) groups excluding carboxylic acids is 1. The van der Waals surface area contributed by atoms with E-state index < -0.39 is 0 Å². The van der Waals surface area contributed by atoms with Gasteiger partial charge < -0.3 is 4.74 Å². The minimum atomic E-state index is -0.0730. The molecule has 0 saturated carbocycles. The van der Waals surface area contributed by atoms with Crippen molar-refractivity contribution in [3.63, 3.8) is 0 Å². The van der Waals surface area contributed by atoms with Crippen LogP contribution in [0.2, 0.25) is 0 Å². The van der Waals surface area contributed by atoms with Gasteiger partial charge in [-0.2, -0.15) is 0 Å². The number of rotatable bonds is 0. The van der Waals surface area contributed by atoms with Crippen LogP contribution < -0.4 is 0 Å². The van der Waals surface area contributed by atoms with E-state index >= 15 is 0 Å². The van der Waals surface area contributed by atoms with Crippen LogP contribution in [0.5, 0.6) is 0 Å². The largest absolute Gasteiger partial charge is 0.364 e. The highest BCUT2D eigenvalue weighted by Gasteiger charge is 2.38. The summed E-state index contributed by atoms with van der Waals surface area (Å²) in [6, 6.07) is 0. The third kappa shape index (κ3) is 1.65. The first-order valence-electron chi connectivity index (χ1n) is 5.93. The van der Waals surface area contributed by atoms with Crippen molar-refractivity contribution in [3.8, 4) is 0 Å². The molecule has 2 rings (SSSR count). The lowest BCUT2D eigenvalue weighted by Gasteiger charge is -2.41. The van der Waals surface area contributed by atoms with Gasteiger partial charge in [-0.15, -0.1) is 0 Å². The van der Waals surface area contributed by atoms with E-state index in [4.69, 9.17) is 4.74 Å². The molecule has 0 aromatic rings. The van der Waals surface area contributed by atoms with Crippen molar-refractivity contribution >= 4 is 5.78 Å². The number of hydrogen-bond acceptors (Lipinski definition) is 2. The highest BCUT2D eigenvalue weighted by molar-refractivity contribution is 6.09. The predicted molar refractivity (Wildman–Crippen MR) is 64.3 cm³/mol. The van der Waals surface area contributed by atoms with E-state index in [2.05, 4.69) is 13.8 Å². The van der Waals surface area contributed by atoms with Gasteiger partial charge in [0.25, 0.3) is 0 Å². The van der Waals surface area contributed by atoms with Crippen LogP contribution in [0.3, 0.4) is 0 Å². The molecule has 0 N–H and O–H groups in total. The van der Waals surface area contributed by atoms with Gasteiger partial charge in [0.1, 0.15) is 6.10 Å². The molecular formula is C14H20O2. The molecule has 0 spiro atoms. The summed E-state index contributed by atoms with van der Waals surface area (Å²) in [5.74, 6) is 0.201. The van der Waals surface area contributed by atoms with Gasteiger partial charge in [-0.1, -0.05) is 0 Å². The van der Waals surface area contributed by atoms with Crippen molar-refractivity contribution in [2.45, 2.75) is 59.2 Å². The lowest BCUT2D eigenvalue weighted by atomic mass is 9.79. The van der Waals surface area contributed by atoms with Crippen LogP contribution in [0.1, 0.15) is 47.5 Å². The van der Waals surface area contributed by atoms with Crippen LogP contribution in [0.4, 0.5) is 0 Å². The molecule has 88 valence electrons. The van der Waals surface area contributed by atoms with E-state index in [1.165, 1.54) is 5.57 Å². The van der Waals surface area contributed by atoms with Crippen molar-refractivity contribution in [3.05, 3.63) is 22.3 Å². The molecule has 1 fully saturated rings. The van der Waals surface area contributed by atoms with Crippen molar-refractivity contribution in [1.82, 2.24) is 0 Å². The molecule has 2 heteroatoms. The van der Waals surface area contributed by atoms with Crippen LogP contribution in [0.25, 0.3) is 0 Å². The van der Waals surface area contributed by atoms with E-state index in [1.807, 2.05) is 20.8 Å². The lowest BCUT2D eigenvalue weighted by Crippen LogP contribution is -2.40. The number of carbonyl (C=O) groups is 1. The average Bonchev–Trinajstić information content (AvgIpc) is 2.22. The Balaban J connectivity index is 2.44. The van der Waals surface area contributed by atoms with Crippen LogP contribution in [0.15, 0.2) is 22.3 Å². The van der Waals surface area contributed by atoms with Crippen LogP contribution in [-0.4, -0.2) is 17.5 Å². The number of Topliss-reactive ketones (excluding diaryl/α,β-unsaturated/α-hetero) is 1. The molecule has 0 aromatic carbocycles. The van der Waals surface area contributed by atoms with Crippen molar-refractivity contribution < 1.29 is 9.53 Å². The Hall–Kier alpha value is -0.890. The Morgan fingerprint density at radius 1 is 1.19 bits per heavy atom. The quantitative estimate of drug-likeness (QED) is 0.626. The Morgan fingerprint density at radius 2 is 1.81 bits per heavy atom. The maximum atomic E-state index is 12.0. The van der Waals surface area contributed by atoms with Gasteiger partial charge in [0.2, 0.25) is 0 Å². The first-order valence-corrected chi connectivity index (χ1v) is 5.93. The molecule has 2 nitrogen and oxygen atoms in total. The Morgan fingerprint density at radius 3 is 2.44 bits per heavy atom. The summed E-state index contributed by atoms with van der Waals surface area (Å²) in [6.45, 7) is 10.1. The van der Waals surface area contributed by atoms with E-state index in [0.717, 1.165) is 29.6 Å². The zero-order valence-electron chi connectivity index (χ0n) is 10.8. The molecule has 0 bridgehead atoms. The maximum Gasteiger partial charge on any atom is 0.184 e. The minimum absolute atomic E-state index is 0.0430. The monoisotopic (exact) mass is 220 g/mol. The van der Waals surface area contributed by atoms with Crippen LogP contribution in [0, 0.1) is 0 Å². The van der Waals surface area contributed by atoms with Crippen LogP contribution >= 0.6 is 0 Å². The van der Waals surface area contributed by atoms with Gasteiger partial charge in [0, 0.05) is 0 Å². The standard InChI is InChI=1S/C14H20O2/c1-8-9(2)13-11(10(3)12(8)15)6-7-14(4,5)16-13/h13H,6-7H2,1-5H3. The predicted octanol–water partition coefficient (Wildman–Crippen LogP) is 3.18. The van der Waals surface area contributed by atoms with Gasteiger partial charge in [-0.3, -0.25) is 4.79 Å². The summed E-state index contributed by atoms with van der Waals surface area (Å²) in [4.78, 5) is 12.0. The van der Waals surface area contributed by atoms with Crippen molar-refractivity contribution in [1.29, 1.82) is 0 Å². The van der Waals surface area contributed by atoms with E-state index in [0.29, 0.717) is 0 Å². The van der Waals surface area contributed by atoms with Crippen molar-refractivity contribution in [2.24, 2.45) is 0 Å². The fourth-order valence-corrected chi connectivity index (χ4v) is 2.55. The molecule has 1 saturated heterocycles. The molecule has 1 unspecified atom stereocenters.